The maximum absolute atomic E-state index is 11.9. The van der Waals surface area contributed by atoms with Gasteiger partial charge in [-0.2, -0.15) is 8.62 Å². The summed E-state index contributed by atoms with van der Waals surface area (Å²) in [4.78, 5) is 48.3. The first-order valence-corrected chi connectivity index (χ1v) is 12.7. The van der Waals surface area contributed by atoms with Gasteiger partial charge in [-0.1, -0.05) is 12.5 Å². The highest BCUT2D eigenvalue weighted by molar-refractivity contribution is 7.66. The number of aliphatic hydroxyl groups is 1. The lowest BCUT2D eigenvalue weighted by Gasteiger charge is -2.33. The Labute approximate surface area is 179 Å². The Kier molecular flexibility index (Phi) is 7.65. The van der Waals surface area contributed by atoms with Gasteiger partial charge < -0.3 is 39.6 Å². The number of nitrogens with one attached hydrogen (secondary N) is 1. The number of ether oxygens (including phenoxy) is 1. The van der Waals surface area contributed by atoms with Gasteiger partial charge in [0, 0.05) is 12.3 Å². The molecule has 2 aliphatic rings. The molecule has 0 aromatic heterocycles. The molecule has 0 aliphatic carbocycles. The standard InChI is InChI=1S/C12H16ClN2O13P3/c1-3-12(6-25-30(21,22)28-31(23,24)27-29(18,19)20)10(17)9(13)11(26-12)15-5-4-8(16)14-7(15)2/h1,4-5,9-11,17H,2,6H2,(H,14,16)(H,21,22)(H,23,24)(H2,18,19,20)/t9-,10+,11-,12-/m1/s1. The highest BCUT2D eigenvalue weighted by Gasteiger charge is 2.57. The molecule has 1 amide bonds. The van der Waals surface area contributed by atoms with Crippen molar-refractivity contribution in [3.63, 3.8) is 0 Å². The summed E-state index contributed by atoms with van der Waals surface area (Å²) in [6.07, 6.45) is 4.69. The van der Waals surface area contributed by atoms with E-state index in [0.717, 1.165) is 6.08 Å². The van der Waals surface area contributed by atoms with Crippen LogP contribution >= 0.6 is 35.1 Å². The first kappa shape index (κ1) is 26.2. The van der Waals surface area contributed by atoms with Gasteiger partial charge in [0.1, 0.15) is 23.9 Å². The van der Waals surface area contributed by atoms with Gasteiger partial charge in [-0.3, -0.25) is 9.32 Å². The molecular formula is C12H16ClN2O13P3. The third kappa shape index (κ3) is 6.47. The number of carbonyl (C=O) groups is 1. The number of hydrogen-bond donors (Lipinski definition) is 6. The van der Waals surface area contributed by atoms with Crippen LogP contribution in [0.1, 0.15) is 0 Å². The van der Waals surface area contributed by atoms with Crippen molar-refractivity contribution in [3.05, 3.63) is 24.7 Å². The van der Waals surface area contributed by atoms with Crippen LogP contribution in [0.3, 0.4) is 0 Å². The number of phosphoric acid groups is 3. The predicted molar refractivity (Wildman–Crippen MR) is 100 cm³/mol. The zero-order chi connectivity index (χ0) is 23.8. The van der Waals surface area contributed by atoms with Gasteiger partial charge in [0.25, 0.3) is 5.91 Å². The lowest BCUT2D eigenvalue weighted by Crippen LogP contribution is -2.44. The molecule has 1 fully saturated rings. The van der Waals surface area contributed by atoms with Gasteiger partial charge in [-0.05, 0) is 0 Å². The second-order valence-corrected chi connectivity index (χ2v) is 10.9. The van der Waals surface area contributed by atoms with E-state index < -0.39 is 59.3 Å². The summed E-state index contributed by atoms with van der Waals surface area (Å²) in [6.45, 7) is 2.44. The van der Waals surface area contributed by atoms with E-state index in [4.69, 9.17) is 37.4 Å². The van der Waals surface area contributed by atoms with Crippen LogP contribution in [0.15, 0.2) is 24.7 Å². The number of aliphatic hydroxyl groups excluding tert-OH is 1. The van der Waals surface area contributed by atoms with E-state index in [2.05, 4.69) is 25.0 Å². The minimum absolute atomic E-state index is 0.0102. The molecule has 15 nitrogen and oxygen atoms in total. The van der Waals surface area contributed by atoms with Crippen LogP contribution in [0.2, 0.25) is 0 Å². The van der Waals surface area contributed by atoms with Gasteiger partial charge in [0.05, 0.1) is 0 Å². The molecule has 31 heavy (non-hydrogen) atoms. The van der Waals surface area contributed by atoms with Crippen LogP contribution in [0, 0.1) is 12.3 Å². The fourth-order valence-corrected chi connectivity index (χ4v) is 5.89. The molecule has 6 atom stereocenters. The van der Waals surface area contributed by atoms with Crippen LogP contribution in [-0.4, -0.2) is 65.4 Å². The van der Waals surface area contributed by atoms with Crippen LogP contribution in [0.25, 0.3) is 0 Å². The van der Waals surface area contributed by atoms with E-state index >= 15 is 0 Å². The normalized spacial score (nSPS) is 32.8. The molecule has 1 saturated heterocycles. The molecule has 2 unspecified atom stereocenters. The van der Waals surface area contributed by atoms with E-state index in [9.17, 15) is 28.5 Å². The number of nitrogens with zero attached hydrogens (tertiary/aromatic N) is 1. The van der Waals surface area contributed by atoms with Gasteiger partial charge in [0.15, 0.2) is 11.8 Å². The van der Waals surface area contributed by atoms with Crippen molar-refractivity contribution in [1.29, 1.82) is 0 Å². The van der Waals surface area contributed by atoms with E-state index in [0.29, 0.717) is 0 Å². The van der Waals surface area contributed by atoms with Crippen molar-refractivity contribution >= 4 is 41.0 Å². The molecular weight excluding hydrogens is 509 g/mol. The monoisotopic (exact) mass is 524 g/mol. The Bertz CT molecular complexity index is 975. The molecule has 2 heterocycles. The van der Waals surface area contributed by atoms with Crippen LogP contribution in [0.4, 0.5) is 0 Å². The van der Waals surface area contributed by atoms with Gasteiger partial charge in [0.2, 0.25) is 0 Å². The molecule has 174 valence electrons. The number of alkyl halides is 1. The molecule has 6 N–H and O–H groups in total. The van der Waals surface area contributed by atoms with Crippen molar-refractivity contribution in [2.45, 2.75) is 23.3 Å². The first-order valence-electron chi connectivity index (χ1n) is 7.73. The number of terminal acetylenes is 1. The average molecular weight is 525 g/mol. The average Bonchev–Trinajstić information content (AvgIpc) is 2.82. The summed E-state index contributed by atoms with van der Waals surface area (Å²) >= 11 is 6.15. The first-order chi connectivity index (χ1) is 14.0. The molecule has 19 heteroatoms. The Hall–Kier alpha value is -1.07. The molecule has 2 aliphatic heterocycles. The second kappa shape index (κ2) is 9.05. The van der Waals surface area contributed by atoms with Gasteiger partial charge in [-0.15, -0.1) is 18.0 Å². The number of halogens is 1. The second-order valence-electron chi connectivity index (χ2n) is 5.95. The summed E-state index contributed by atoms with van der Waals surface area (Å²) in [6, 6.07) is 0. The third-order valence-corrected chi connectivity index (χ3v) is 7.96. The Morgan fingerprint density at radius 1 is 1.29 bits per heavy atom. The number of carbonyl (C=O) groups excluding carboxylic acids is 1. The number of phosphoric ester groups is 1. The minimum Gasteiger partial charge on any atom is -0.387 e. The van der Waals surface area contributed by atoms with Crippen molar-refractivity contribution < 1.29 is 61.1 Å². The molecule has 0 bridgehead atoms. The third-order valence-electron chi connectivity index (χ3n) is 3.73. The van der Waals surface area contributed by atoms with Gasteiger partial charge >= 0.3 is 23.5 Å². The van der Waals surface area contributed by atoms with E-state index in [-0.39, 0.29) is 5.82 Å². The van der Waals surface area contributed by atoms with Crippen molar-refractivity contribution in [1.82, 2.24) is 10.2 Å². The van der Waals surface area contributed by atoms with Crippen LogP contribution < -0.4 is 5.32 Å². The summed E-state index contributed by atoms with van der Waals surface area (Å²) in [5, 5.41) is 11.5. The Morgan fingerprint density at radius 2 is 1.90 bits per heavy atom. The maximum Gasteiger partial charge on any atom is 0.490 e. The summed E-state index contributed by atoms with van der Waals surface area (Å²) in [5.41, 5.74) is -2.20. The van der Waals surface area contributed by atoms with Crippen molar-refractivity contribution in [3.8, 4) is 12.3 Å². The van der Waals surface area contributed by atoms with E-state index in [1.54, 1.807) is 0 Å². The van der Waals surface area contributed by atoms with Crippen molar-refractivity contribution in [2.24, 2.45) is 0 Å². The summed E-state index contributed by atoms with van der Waals surface area (Å²) in [5.74, 6) is 1.51. The fraction of sp³-hybridized carbons (Fsp3) is 0.417. The molecule has 0 saturated carbocycles. The number of hydrogen-bond acceptors (Lipinski definition) is 10. The lowest BCUT2D eigenvalue weighted by atomic mass is 9.98. The number of rotatable bonds is 8. The Morgan fingerprint density at radius 3 is 2.42 bits per heavy atom. The molecule has 0 spiro atoms. The summed E-state index contributed by atoms with van der Waals surface area (Å²) in [7, 11) is -16.9. The fourth-order valence-electron chi connectivity index (χ4n) is 2.46. The van der Waals surface area contributed by atoms with Gasteiger partial charge in [-0.25, -0.2) is 13.7 Å². The highest BCUT2D eigenvalue weighted by Crippen LogP contribution is 2.66. The van der Waals surface area contributed by atoms with Crippen LogP contribution in [-0.2, 0) is 36.4 Å². The molecule has 0 radical (unpaired) electrons. The molecule has 0 aromatic rings. The summed E-state index contributed by atoms with van der Waals surface area (Å²) < 4.78 is 51.1. The smallest absolute Gasteiger partial charge is 0.387 e. The quantitative estimate of drug-likeness (QED) is 0.133. The minimum atomic E-state index is -5.75. The number of amides is 1. The maximum atomic E-state index is 11.9. The van der Waals surface area contributed by atoms with Crippen molar-refractivity contribution in [2.75, 3.05) is 6.61 Å². The Balaban J connectivity index is 2.16. The van der Waals surface area contributed by atoms with E-state index in [1.165, 1.54) is 11.1 Å². The van der Waals surface area contributed by atoms with Crippen LogP contribution in [0.5, 0.6) is 0 Å². The molecule has 0 aromatic carbocycles. The topological polar surface area (TPSA) is 222 Å². The lowest BCUT2D eigenvalue weighted by molar-refractivity contribution is -0.119. The highest BCUT2D eigenvalue weighted by atomic mass is 35.5. The molecule has 2 rings (SSSR count). The van der Waals surface area contributed by atoms with E-state index in [1.807, 2.05) is 5.92 Å². The largest absolute Gasteiger partial charge is 0.490 e. The zero-order valence-corrected chi connectivity index (χ0v) is 18.5. The SMILES string of the molecule is C#C[C@]1(COP(=O)(O)OP(=O)(O)OP(=O)(O)O)O[C@@H](N2C=CC(=O)NC2=C)[C@H](Cl)[C@@H]1O. The predicted octanol–water partition coefficient (Wildman–Crippen LogP) is -0.557. The zero-order valence-electron chi connectivity index (χ0n) is 15.0.